The van der Waals surface area contributed by atoms with E-state index < -0.39 is 24.4 Å². The molecule has 5 nitrogen and oxygen atoms in total. The van der Waals surface area contributed by atoms with Gasteiger partial charge in [0.05, 0.1) is 12.1 Å². The molecule has 0 saturated carbocycles. The first-order valence-electron chi connectivity index (χ1n) is 5.37. The first-order valence-corrected chi connectivity index (χ1v) is 5.75. The number of carbonyl (C=O) groups excluding carboxylic acids is 1. The van der Waals surface area contributed by atoms with Crippen molar-refractivity contribution < 1.29 is 23.1 Å². The molecule has 0 aliphatic carbocycles. The van der Waals surface area contributed by atoms with Gasteiger partial charge in [0.25, 0.3) is 5.72 Å². The highest BCUT2D eigenvalue weighted by Gasteiger charge is 2.63. The highest BCUT2D eigenvalue weighted by molar-refractivity contribution is 6.30. The fourth-order valence-corrected chi connectivity index (χ4v) is 1.93. The number of alkyl halides is 3. The molecule has 0 spiro atoms. The number of carbonyl (C=O) groups is 1. The van der Waals surface area contributed by atoms with Gasteiger partial charge in [-0.25, -0.2) is 4.79 Å². The largest absolute Gasteiger partial charge is 0.438 e. The average molecular weight is 308 g/mol. The van der Waals surface area contributed by atoms with E-state index in [2.05, 4.69) is 5.10 Å². The molecule has 3 N–H and O–H groups in total. The molecule has 9 heteroatoms. The minimum atomic E-state index is -5.08. The molecule has 20 heavy (non-hydrogen) atoms. The van der Waals surface area contributed by atoms with Gasteiger partial charge in [0, 0.05) is 5.02 Å². The van der Waals surface area contributed by atoms with Crippen molar-refractivity contribution in [2.75, 3.05) is 0 Å². The maximum atomic E-state index is 12.9. The number of nitrogens with two attached hydrogens (primary N) is 1. The smallest absolute Gasteiger partial charge is 0.362 e. The molecule has 0 fully saturated rings. The number of nitrogens with zero attached hydrogens (tertiary/aromatic N) is 2. The van der Waals surface area contributed by atoms with Gasteiger partial charge in [-0.3, -0.25) is 0 Å². The normalized spacial score (nSPS) is 22.9. The molecule has 0 aromatic heterocycles. The van der Waals surface area contributed by atoms with Crippen LogP contribution in [0.15, 0.2) is 29.4 Å². The van der Waals surface area contributed by atoms with E-state index in [4.69, 9.17) is 17.3 Å². The van der Waals surface area contributed by atoms with Crippen LogP contribution < -0.4 is 5.73 Å². The average Bonchev–Trinajstić information content (AvgIpc) is 2.69. The van der Waals surface area contributed by atoms with E-state index in [0.717, 1.165) is 0 Å². The summed E-state index contributed by atoms with van der Waals surface area (Å²) in [6.45, 7) is 0. The summed E-state index contributed by atoms with van der Waals surface area (Å²) in [5, 5.41) is 13.4. The lowest BCUT2D eigenvalue weighted by atomic mass is 10.0. The van der Waals surface area contributed by atoms with Crippen LogP contribution in [0.1, 0.15) is 12.0 Å². The Hall–Kier alpha value is -1.80. The monoisotopic (exact) mass is 307 g/mol. The van der Waals surface area contributed by atoms with E-state index in [1.54, 1.807) is 0 Å². The van der Waals surface area contributed by atoms with E-state index in [-0.39, 0.29) is 10.7 Å². The molecule has 1 aromatic rings. The van der Waals surface area contributed by atoms with Gasteiger partial charge < -0.3 is 10.8 Å². The van der Waals surface area contributed by atoms with Crippen molar-refractivity contribution in [3.05, 3.63) is 34.9 Å². The number of primary amides is 1. The number of hydrogen-bond acceptors (Lipinski definition) is 3. The molecule has 1 aromatic carbocycles. The second kappa shape index (κ2) is 4.64. The Morgan fingerprint density at radius 3 is 2.35 bits per heavy atom. The third kappa shape index (κ3) is 2.32. The molecule has 1 heterocycles. The lowest BCUT2D eigenvalue weighted by molar-refractivity contribution is -0.296. The quantitative estimate of drug-likeness (QED) is 0.833. The maximum Gasteiger partial charge on any atom is 0.438 e. The Kier molecular flexibility index (Phi) is 3.39. The number of aliphatic hydroxyl groups is 1. The first kappa shape index (κ1) is 14.6. The predicted octanol–water partition coefficient (Wildman–Crippen LogP) is 2.08. The van der Waals surface area contributed by atoms with Crippen LogP contribution in [-0.4, -0.2) is 33.8 Å². The number of amides is 2. The molecular weight excluding hydrogens is 299 g/mol. The zero-order valence-electron chi connectivity index (χ0n) is 9.86. The van der Waals surface area contributed by atoms with Crippen LogP contribution in [0.5, 0.6) is 0 Å². The topological polar surface area (TPSA) is 78.9 Å². The Balaban J connectivity index is 2.42. The minimum absolute atomic E-state index is 0.111. The predicted molar refractivity (Wildman–Crippen MR) is 65.0 cm³/mol. The third-order valence-corrected chi connectivity index (χ3v) is 3.08. The Morgan fingerprint density at radius 1 is 1.40 bits per heavy atom. The molecule has 0 radical (unpaired) electrons. The van der Waals surface area contributed by atoms with Gasteiger partial charge >= 0.3 is 12.2 Å². The molecule has 0 saturated heterocycles. The molecule has 1 aliphatic heterocycles. The summed E-state index contributed by atoms with van der Waals surface area (Å²) in [5.41, 5.74) is 1.59. The summed E-state index contributed by atoms with van der Waals surface area (Å²) in [4.78, 5) is 11.1. The van der Waals surface area contributed by atoms with E-state index in [0.29, 0.717) is 10.6 Å². The van der Waals surface area contributed by atoms with Crippen LogP contribution in [0.2, 0.25) is 5.02 Å². The lowest BCUT2D eigenvalue weighted by Crippen LogP contribution is -2.57. The maximum absolute atomic E-state index is 12.9. The molecule has 0 unspecified atom stereocenters. The highest BCUT2D eigenvalue weighted by Crippen LogP contribution is 2.41. The Morgan fingerprint density at radius 2 is 1.95 bits per heavy atom. The molecule has 2 rings (SSSR count). The zero-order chi connectivity index (χ0) is 15.1. The van der Waals surface area contributed by atoms with E-state index in [9.17, 15) is 23.1 Å². The van der Waals surface area contributed by atoms with Gasteiger partial charge in [-0.05, 0) is 17.7 Å². The van der Waals surface area contributed by atoms with Crippen LogP contribution >= 0.6 is 11.6 Å². The van der Waals surface area contributed by atoms with E-state index in [1.807, 2.05) is 0 Å². The molecule has 108 valence electrons. The van der Waals surface area contributed by atoms with Crippen LogP contribution in [0.25, 0.3) is 0 Å². The van der Waals surface area contributed by atoms with E-state index >= 15 is 0 Å². The van der Waals surface area contributed by atoms with Gasteiger partial charge in [-0.2, -0.15) is 23.3 Å². The Labute approximate surface area is 116 Å². The van der Waals surface area contributed by atoms with Crippen molar-refractivity contribution in [1.29, 1.82) is 0 Å². The molecule has 1 aliphatic rings. The lowest BCUT2D eigenvalue weighted by Gasteiger charge is -2.31. The van der Waals surface area contributed by atoms with Gasteiger partial charge in [-0.15, -0.1) is 0 Å². The Bertz CT molecular complexity index is 573. The molecular formula is C11H9ClF3N3O2. The number of hydrogen-bond donors (Lipinski definition) is 2. The van der Waals surface area contributed by atoms with Gasteiger partial charge in [-0.1, -0.05) is 23.7 Å². The number of benzene rings is 1. The van der Waals surface area contributed by atoms with Crippen LogP contribution in [0, 0.1) is 0 Å². The van der Waals surface area contributed by atoms with Crippen molar-refractivity contribution in [1.82, 2.24) is 5.01 Å². The number of hydrazone groups is 1. The van der Waals surface area contributed by atoms with Gasteiger partial charge in [0.15, 0.2) is 0 Å². The first-order chi connectivity index (χ1) is 9.15. The third-order valence-electron chi connectivity index (χ3n) is 2.83. The van der Waals surface area contributed by atoms with Crippen LogP contribution in [-0.2, 0) is 0 Å². The second-order valence-electron chi connectivity index (χ2n) is 4.19. The number of halogens is 4. The summed E-state index contributed by atoms with van der Waals surface area (Å²) in [6, 6.07) is 4.29. The molecule has 2 amide bonds. The van der Waals surface area contributed by atoms with Gasteiger partial charge in [0.1, 0.15) is 0 Å². The molecule has 0 bridgehead atoms. The minimum Gasteiger partial charge on any atom is -0.362 e. The van der Waals surface area contributed by atoms with Crippen molar-refractivity contribution in [2.45, 2.75) is 18.3 Å². The molecule has 1 atom stereocenters. The van der Waals surface area contributed by atoms with Crippen molar-refractivity contribution in [2.24, 2.45) is 10.8 Å². The van der Waals surface area contributed by atoms with Crippen molar-refractivity contribution >= 4 is 23.3 Å². The number of rotatable bonds is 1. The van der Waals surface area contributed by atoms with Gasteiger partial charge in [0.2, 0.25) is 0 Å². The summed E-state index contributed by atoms with van der Waals surface area (Å²) in [6.07, 6.45) is -5.99. The van der Waals surface area contributed by atoms with Crippen LogP contribution in [0.3, 0.4) is 0 Å². The summed E-state index contributed by atoms with van der Waals surface area (Å²) in [7, 11) is 0. The summed E-state index contributed by atoms with van der Waals surface area (Å²) >= 11 is 5.67. The number of urea groups is 1. The highest BCUT2D eigenvalue weighted by atomic mass is 35.5. The standard InChI is InChI=1S/C11H9ClF3N3O2/c12-7-3-1-6(2-4-7)8-5-10(20,11(13,14)15)18(17-8)9(16)19/h1-4,20H,5H2,(H2,16,19)/t10-/m1/s1. The second-order valence-corrected chi connectivity index (χ2v) is 4.63. The van der Waals surface area contributed by atoms with E-state index in [1.165, 1.54) is 24.3 Å². The summed E-state index contributed by atoms with van der Waals surface area (Å²) < 4.78 is 38.7. The van der Waals surface area contributed by atoms with Crippen LogP contribution in [0.4, 0.5) is 18.0 Å². The zero-order valence-corrected chi connectivity index (χ0v) is 10.6. The van der Waals surface area contributed by atoms with Crippen molar-refractivity contribution in [3.63, 3.8) is 0 Å². The summed E-state index contributed by atoms with van der Waals surface area (Å²) in [5.74, 6) is 0. The SMILES string of the molecule is NC(=O)N1N=C(c2ccc(Cl)cc2)C[C@@]1(O)C(F)(F)F. The van der Waals surface area contributed by atoms with Crippen molar-refractivity contribution in [3.8, 4) is 0 Å². The fraction of sp³-hybridized carbons (Fsp3) is 0.273. The fourth-order valence-electron chi connectivity index (χ4n) is 1.80.